The summed E-state index contributed by atoms with van der Waals surface area (Å²) in [6.07, 6.45) is 11.0. The van der Waals surface area contributed by atoms with Gasteiger partial charge < -0.3 is 0 Å². The summed E-state index contributed by atoms with van der Waals surface area (Å²) in [5.41, 5.74) is 1.18. The van der Waals surface area contributed by atoms with E-state index in [0.717, 1.165) is 24.7 Å². The van der Waals surface area contributed by atoms with Crippen molar-refractivity contribution in [1.29, 1.82) is 0 Å². The highest BCUT2D eigenvalue weighted by Gasteiger charge is 2.56. The molecule has 0 N–H and O–H groups in total. The summed E-state index contributed by atoms with van der Waals surface area (Å²) in [4.78, 5) is 12.1. The number of Topliss-reactive ketones (excluding diaryl/α,β-unsaturated/α-hetero) is 1. The zero-order chi connectivity index (χ0) is 9.54. The Hall–Kier alpha value is -0.590. The van der Waals surface area contributed by atoms with Crippen molar-refractivity contribution in [2.75, 3.05) is 0 Å². The van der Waals surface area contributed by atoms with E-state index in [0.29, 0.717) is 11.7 Å². The maximum Gasteiger partial charge on any atom is 0.162 e. The molecule has 0 aliphatic heterocycles. The molecule has 0 aromatic rings. The molecule has 2 atom stereocenters. The average molecular weight is 190 g/mol. The molecule has 3 aliphatic carbocycles. The Balaban J connectivity index is 1.68. The molecule has 14 heavy (non-hydrogen) atoms. The molecule has 2 saturated carbocycles. The van der Waals surface area contributed by atoms with Gasteiger partial charge in [-0.3, -0.25) is 4.79 Å². The fourth-order valence-electron chi connectivity index (χ4n) is 3.49. The molecular formula is C13H18O. The fraction of sp³-hybridized carbons (Fsp3) is 0.769. The number of allylic oxidation sites excluding steroid dienone is 2. The van der Waals surface area contributed by atoms with Crippen molar-refractivity contribution in [3.8, 4) is 0 Å². The van der Waals surface area contributed by atoms with Crippen molar-refractivity contribution >= 4 is 5.78 Å². The molecule has 0 aromatic carbocycles. The molecule has 0 amide bonds. The summed E-state index contributed by atoms with van der Waals surface area (Å²) >= 11 is 0. The van der Waals surface area contributed by atoms with Gasteiger partial charge in [-0.2, -0.15) is 0 Å². The number of rotatable bonds is 2. The van der Waals surface area contributed by atoms with Crippen molar-refractivity contribution in [3.05, 3.63) is 11.6 Å². The van der Waals surface area contributed by atoms with E-state index in [-0.39, 0.29) is 0 Å². The fourth-order valence-corrected chi connectivity index (χ4v) is 3.49. The second-order valence-electron chi connectivity index (χ2n) is 5.12. The molecule has 2 unspecified atom stereocenters. The lowest BCUT2D eigenvalue weighted by molar-refractivity contribution is -0.117. The van der Waals surface area contributed by atoms with Gasteiger partial charge in [-0.15, -0.1) is 0 Å². The van der Waals surface area contributed by atoms with Crippen LogP contribution in [0, 0.1) is 17.8 Å². The van der Waals surface area contributed by atoms with E-state index >= 15 is 0 Å². The van der Waals surface area contributed by atoms with Crippen molar-refractivity contribution in [2.24, 2.45) is 17.8 Å². The van der Waals surface area contributed by atoms with Gasteiger partial charge >= 0.3 is 0 Å². The van der Waals surface area contributed by atoms with Gasteiger partial charge in [-0.25, -0.2) is 0 Å². The molecule has 0 bridgehead atoms. The number of hydrogen-bond donors (Lipinski definition) is 0. The molecule has 0 saturated heterocycles. The molecule has 2 fully saturated rings. The molecule has 1 heteroatoms. The topological polar surface area (TPSA) is 17.1 Å². The van der Waals surface area contributed by atoms with Crippen molar-refractivity contribution in [2.45, 2.75) is 44.9 Å². The van der Waals surface area contributed by atoms with E-state index in [4.69, 9.17) is 0 Å². The van der Waals surface area contributed by atoms with Crippen molar-refractivity contribution in [3.63, 3.8) is 0 Å². The van der Waals surface area contributed by atoms with Gasteiger partial charge in [0, 0.05) is 5.92 Å². The van der Waals surface area contributed by atoms with E-state index in [1.54, 1.807) is 0 Å². The van der Waals surface area contributed by atoms with Crippen LogP contribution in [-0.2, 0) is 4.79 Å². The van der Waals surface area contributed by atoms with Crippen LogP contribution in [-0.4, -0.2) is 5.78 Å². The van der Waals surface area contributed by atoms with Gasteiger partial charge in [-0.05, 0) is 55.9 Å². The molecular weight excluding hydrogens is 172 g/mol. The minimum absolute atomic E-state index is 0.466. The number of ketones is 1. The zero-order valence-electron chi connectivity index (χ0n) is 8.67. The molecule has 3 aliphatic rings. The zero-order valence-corrected chi connectivity index (χ0v) is 8.67. The Labute approximate surface area is 85.6 Å². The highest BCUT2D eigenvalue weighted by Crippen LogP contribution is 2.58. The third-order valence-electron chi connectivity index (χ3n) is 4.32. The van der Waals surface area contributed by atoms with Gasteiger partial charge in [0.1, 0.15) is 0 Å². The molecule has 0 heterocycles. The highest BCUT2D eigenvalue weighted by atomic mass is 16.1. The first-order valence-corrected chi connectivity index (χ1v) is 6.11. The van der Waals surface area contributed by atoms with E-state index in [1.807, 2.05) is 0 Å². The van der Waals surface area contributed by atoms with E-state index in [9.17, 15) is 4.79 Å². The van der Waals surface area contributed by atoms with E-state index in [1.165, 1.54) is 37.7 Å². The predicted molar refractivity (Wildman–Crippen MR) is 55.9 cm³/mol. The quantitative estimate of drug-likeness (QED) is 0.654. The number of hydrogen-bond acceptors (Lipinski definition) is 1. The summed E-state index contributed by atoms with van der Waals surface area (Å²) in [5.74, 6) is 2.59. The van der Waals surface area contributed by atoms with Gasteiger partial charge in [0.25, 0.3) is 0 Å². The number of carbonyl (C=O) groups is 1. The van der Waals surface area contributed by atoms with Crippen LogP contribution in [0.2, 0.25) is 0 Å². The minimum Gasteiger partial charge on any atom is -0.294 e. The summed E-state index contributed by atoms with van der Waals surface area (Å²) in [7, 11) is 0. The normalized spacial score (nSPS) is 40.3. The largest absolute Gasteiger partial charge is 0.294 e. The number of fused-ring (bicyclic) bond motifs is 1. The first-order valence-electron chi connectivity index (χ1n) is 6.11. The Morgan fingerprint density at radius 3 is 2.57 bits per heavy atom. The van der Waals surface area contributed by atoms with E-state index in [2.05, 4.69) is 6.08 Å². The van der Waals surface area contributed by atoms with Gasteiger partial charge in [0.05, 0.1) is 0 Å². The first kappa shape index (κ1) is 8.70. The van der Waals surface area contributed by atoms with Crippen LogP contribution >= 0.6 is 0 Å². The van der Waals surface area contributed by atoms with Crippen molar-refractivity contribution < 1.29 is 4.79 Å². The molecule has 0 aromatic heterocycles. The Morgan fingerprint density at radius 1 is 1.14 bits per heavy atom. The second kappa shape index (κ2) is 3.22. The average Bonchev–Trinajstić information content (AvgIpc) is 2.72. The molecule has 0 spiro atoms. The van der Waals surface area contributed by atoms with Crippen molar-refractivity contribution in [1.82, 2.24) is 0 Å². The molecule has 0 radical (unpaired) electrons. The molecule has 76 valence electrons. The Bertz CT molecular complexity index is 280. The van der Waals surface area contributed by atoms with Crippen LogP contribution in [0.5, 0.6) is 0 Å². The van der Waals surface area contributed by atoms with Crippen LogP contribution in [0.15, 0.2) is 11.6 Å². The predicted octanol–water partition coefficient (Wildman–Crippen LogP) is 3.10. The van der Waals surface area contributed by atoms with Crippen LogP contribution in [0.4, 0.5) is 0 Å². The van der Waals surface area contributed by atoms with Crippen LogP contribution < -0.4 is 0 Å². The Morgan fingerprint density at radius 2 is 1.93 bits per heavy atom. The lowest BCUT2D eigenvalue weighted by Crippen LogP contribution is -2.11. The van der Waals surface area contributed by atoms with Crippen LogP contribution in [0.1, 0.15) is 44.9 Å². The maximum atomic E-state index is 12.1. The highest BCUT2D eigenvalue weighted by molar-refractivity contribution is 5.99. The Kier molecular flexibility index (Phi) is 2.00. The third kappa shape index (κ3) is 1.25. The smallest absolute Gasteiger partial charge is 0.162 e. The summed E-state index contributed by atoms with van der Waals surface area (Å²) in [6.45, 7) is 0. The summed E-state index contributed by atoms with van der Waals surface area (Å²) < 4.78 is 0. The second-order valence-corrected chi connectivity index (χ2v) is 5.12. The standard InChI is InChI=1S/C13H18O/c14-13(9-5-2-1-3-6-9)12-10-7-4-8-11(10)12/h5,10-12H,1-4,6-8H2. The van der Waals surface area contributed by atoms with Crippen LogP contribution in [0.3, 0.4) is 0 Å². The minimum atomic E-state index is 0.466. The molecule has 1 nitrogen and oxygen atoms in total. The lowest BCUT2D eigenvalue weighted by atomic mass is 9.92. The molecule has 3 rings (SSSR count). The number of carbonyl (C=O) groups excluding carboxylic acids is 1. The first-order chi connectivity index (χ1) is 6.88. The third-order valence-corrected chi connectivity index (χ3v) is 4.32. The lowest BCUT2D eigenvalue weighted by Gasteiger charge is -2.12. The van der Waals surface area contributed by atoms with Gasteiger partial charge in [-0.1, -0.05) is 12.5 Å². The van der Waals surface area contributed by atoms with Gasteiger partial charge in [0.15, 0.2) is 5.78 Å². The summed E-state index contributed by atoms with van der Waals surface area (Å²) in [5, 5.41) is 0. The summed E-state index contributed by atoms with van der Waals surface area (Å²) in [6, 6.07) is 0. The monoisotopic (exact) mass is 190 g/mol. The van der Waals surface area contributed by atoms with Gasteiger partial charge in [0.2, 0.25) is 0 Å². The maximum absolute atomic E-state index is 12.1. The SMILES string of the molecule is O=C(C1=CCCCC1)C1C2CCCC21. The van der Waals surface area contributed by atoms with E-state index < -0.39 is 0 Å². The van der Waals surface area contributed by atoms with Crippen LogP contribution in [0.25, 0.3) is 0 Å².